The van der Waals surface area contributed by atoms with Gasteiger partial charge in [-0.15, -0.1) is 23.2 Å². The molecule has 106 valence electrons. The fraction of sp³-hybridized carbons (Fsp3) is 0.778. The third kappa shape index (κ3) is 5.77. The van der Waals surface area contributed by atoms with E-state index in [0.29, 0.717) is 0 Å². The van der Waals surface area contributed by atoms with Crippen LogP contribution in [0.15, 0.2) is 0 Å². The van der Waals surface area contributed by atoms with Gasteiger partial charge in [-0.2, -0.15) is 13.2 Å². The van der Waals surface area contributed by atoms with Crippen LogP contribution in [0.3, 0.4) is 0 Å². The fourth-order valence-corrected chi connectivity index (χ4v) is 1.28. The minimum Gasteiger partial charge on any atom is -0.467 e. The van der Waals surface area contributed by atoms with Gasteiger partial charge in [0.2, 0.25) is 0 Å². The molecule has 0 aromatic carbocycles. The summed E-state index contributed by atoms with van der Waals surface area (Å²) in [5.41, 5.74) is 0. The molecule has 4 nitrogen and oxygen atoms in total. The quantitative estimate of drug-likeness (QED) is 0.624. The zero-order chi connectivity index (χ0) is 14.5. The molecule has 18 heavy (non-hydrogen) atoms. The van der Waals surface area contributed by atoms with Crippen molar-refractivity contribution < 1.29 is 27.5 Å². The topological polar surface area (TPSA) is 55.4 Å². The molecule has 0 aliphatic rings. The number of rotatable bonds is 5. The summed E-state index contributed by atoms with van der Waals surface area (Å²) in [7, 11) is 0.999. The minimum absolute atomic E-state index is 0.161. The van der Waals surface area contributed by atoms with E-state index in [1.165, 1.54) is 12.2 Å². The van der Waals surface area contributed by atoms with E-state index >= 15 is 0 Å². The molecule has 0 saturated carbocycles. The first kappa shape index (κ1) is 17.3. The summed E-state index contributed by atoms with van der Waals surface area (Å²) in [6.45, 7) is 1.53. The van der Waals surface area contributed by atoms with Crippen molar-refractivity contribution in [3.63, 3.8) is 0 Å². The van der Waals surface area contributed by atoms with Gasteiger partial charge in [-0.05, 0) is 12.3 Å². The van der Waals surface area contributed by atoms with Crippen LogP contribution in [0.5, 0.6) is 0 Å². The van der Waals surface area contributed by atoms with Crippen LogP contribution in [0.4, 0.5) is 13.2 Å². The van der Waals surface area contributed by atoms with Crippen molar-refractivity contribution in [1.29, 1.82) is 0 Å². The smallest absolute Gasteiger partial charge is 0.467 e. The molecule has 1 N–H and O–H groups in total. The lowest BCUT2D eigenvalue weighted by Crippen LogP contribution is -2.48. The van der Waals surface area contributed by atoms with E-state index in [0.717, 1.165) is 7.11 Å². The number of hydrogen-bond donors (Lipinski definition) is 1. The fourth-order valence-electron chi connectivity index (χ4n) is 1.07. The number of carbonyl (C=O) groups is 2. The SMILES string of the molecule is COC(=O)[C@H](CC(C)C(Cl)Cl)NC(=O)C(F)(F)F. The summed E-state index contributed by atoms with van der Waals surface area (Å²) in [4.78, 5) is 21.1. The van der Waals surface area contributed by atoms with Gasteiger partial charge >= 0.3 is 18.1 Å². The number of esters is 1. The van der Waals surface area contributed by atoms with Crippen molar-refractivity contribution in [2.45, 2.75) is 30.4 Å². The van der Waals surface area contributed by atoms with Crippen LogP contribution in [-0.2, 0) is 14.3 Å². The Morgan fingerprint density at radius 1 is 1.33 bits per heavy atom. The number of methoxy groups -OCH3 is 1. The van der Waals surface area contributed by atoms with Crippen molar-refractivity contribution >= 4 is 35.1 Å². The molecule has 0 heterocycles. The maximum Gasteiger partial charge on any atom is 0.471 e. The molecule has 0 spiro atoms. The molecule has 0 bridgehead atoms. The van der Waals surface area contributed by atoms with Gasteiger partial charge < -0.3 is 10.1 Å². The van der Waals surface area contributed by atoms with E-state index in [1.807, 2.05) is 0 Å². The third-order valence-corrected chi connectivity index (χ3v) is 2.95. The molecular weight excluding hydrogens is 298 g/mol. The molecule has 1 unspecified atom stereocenters. The van der Waals surface area contributed by atoms with Crippen LogP contribution in [0, 0.1) is 5.92 Å². The number of alkyl halides is 5. The Hall–Kier alpha value is -0.690. The van der Waals surface area contributed by atoms with Crippen LogP contribution in [0.2, 0.25) is 0 Å². The zero-order valence-corrected chi connectivity index (χ0v) is 11.1. The largest absolute Gasteiger partial charge is 0.471 e. The molecule has 0 aromatic rings. The van der Waals surface area contributed by atoms with E-state index in [9.17, 15) is 22.8 Å². The molecule has 0 fully saturated rings. The van der Waals surface area contributed by atoms with E-state index in [-0.39, 0.29) is 6.42 Å². The van der Waals surface area contributed by atoms with Gasteiger partial charge in [0.15, 0.2) is 0 Å². The highest BCUT2D eigenvalue weighted by molar-refractivity contribution is 6.44. The lowest BCUT2D eigenvalue weighted by molar-refractivity contribution is -0.175. The standard InChI is InChI=1S/C9H12Cl2F3NO3/c1-4(6(10)11)3-5(7(16)18-2)15-8(17)9(12,13)14/h4-6H,3H2,1-2H3,(H,15,17)/t4?,5-/m0/s1. The van der Waals surface area contributed by atoms with E-state index in [1.54, 1.807) is 0 Å². The van der Waals surface area contributed by atoms with Crippen molar-refractivity contribution in [2.24, 2.45) is 5.92 Å². The van der Waals surface area contributed by atoms with E-state index in [4.69, 9.17) is 23.2 Å². The first-order valence-corrected chi connectivity index (χ1v) is 5.70. The molecular formula is C9H12Cl2F3NO3. The summed E-state index contributed by atoms with van der Waals surface area (Å²) in [6, 6.07) is -1.45. The van der Waals surface area contributed by atoms with Gasteiger partial charge in [-0.25, -0.2) is 4.79 Å². The Morgan fingerprint density at radius 3 is 2.17 bits per heavy atom. The van der Waals surface area contributed by atoms with Gasteiger partial charge in [-0.1, -0.05) is 6.92 Å². The van der Waals surface area contributed by atoms with Crippen LogP contribution >= 0.6 is 23.2 Å². The second-order valence-corrected chi connectivity index (χ2v) is 4.76. The highest BCUT2D eigenvalue weighted by Crippen LogP contribution is 2.21. The Labute approximate surface area is 112 Å². The molecule has 0 radical (unpaired) electrons. The number of carbonyl (C=O) groups excluding carboxylic acids is 2. The van der Waals surface area contributed by atoms with Crippen molar-refractivity contribution in [3.05, 3.63) is 0 Å². The van der Waals surface area contributed by atoms with Crippen molar-refractivity contribution in [1.82, 2.24) is 5.32 Å². The van der Waals surface area contributed by atoms with E-state index < -0.39 is 34.8 Å². The molecule has 0 aliphatic heterocycles. The van der Waals surface area contributed by atoms with Gasteiger partial charge in [0.05, 0.1) is 7.11 Å². The first-order valence-electron chi connectivity index (χ1n) is 4.83. The lowest BCUT2D eigenvalue weighted by Gasteiger charge is -2.21. The molecule has 0 aliphatic carbocycles. The summed E-state index contributed by atoms with van der Waals surface area (Å²) in [5.74, 6) is -3.70. The van der Waals surface area contributed by atoms with Crippen LogP contribution in [0.25, 0.3) is 0 Å². The summed E-state index contributed by atoms with van der Waals surface area (Å²) < 4.78 is 40.5. The maximum absolute atomic E-state index is 12.1. The van der Waals surface area contributed by atoms with Crippen LogP contribution in [0.1, 0.15) is 13.3 Å². The number of halogens is 5. The first-order chi connectivity index (χ1) is 8.09. The Kier molecular flexibility index (Phi) is 6.77. The van der Waals surface area contributed by atoms with Crippen LogP contribution < -0.4 is 5.32 Å². The number of ether oxygens (including phenoxy) is 1. The minimum atomic E-state index is -5.07. The Morgan fingerprint density at radius 2 is 1.83 bits per heavy atom. The predicted molar refractivity (Wildman–Crippen MR) is 59.3 cm³/mol. The molecule has 0 aromatic heterocycles. The Balaban J connectivity index is 4.71. The van der Waals surface area contributed by atoms with Crippen molar-refractivity contribution in [2.75, 3.05) is 7.11 Å². The normalized spacial score (nSPS) is 15.1. The number of hydrogen-bond acceptors (Lipinski definition) is 3. The highest BCUT2D eigenvalue weighted by Gasteiger charge is 2.41. The third-order valence-electron chi connectivity index (χ3n) is 2.09. The molecule has 1 amide bonds. The predicted octanol–water partition coefficient (Wildman–Crippen LogP) is 2.04. The van der Waals surface area contributed by atoms with Gasteiger partial charge in [0.25, 0.3) is 0 Å². The molecule has 9 heteroatoms. The van der Waals surface area contributed by atoms with Gasteiger partial charge in [0.1, 0.15) is 10.9 Å². The second-order valence-electron chi connectivity index (χ2n) is 3.59. The summed E-state index contributed by atoms with van der Waals surface area (Å²) in [5, 5.41) is 1.54. The van der Waals surface area contributed by atoms with Gasteiger partial charge in [0, 0.05) is 0 Å². The van der Waals surface area contributed by atoms with E-state index in [2.05, 4.69) is 4.74 Å². The monoisotopic (exact) mass is 309 g/mol. The molecule has 0 saturated heterocycles. The number of nitrogens with one attached hydrogen (secondary N) is 1. The van der Waals surface area contributed by atoms with Gasteiger partial charge in [-0.3, -0.25) is 4.79 Å². The van der Waals surface area contributed by atoms with Crippen molar-refractivity contribution in [3.8, 4) is 0 Å². The lowest BCUT2D eigenvalue weighted by atomic mass is 10.0. The molecule has 0 rings (SSSR count). The molecule has 2 atom stereocenters. The van der Waals surface area contributed by atoms with Crippen LogP contribution in [-0.4, -0.2) is 36.0 Å². The maximum atomic E-state index is 12.1. The Bertz CT molecular complexity index is 310. The zero-order valence-electron chi connectivity index (χ0n) is 9.55. The highest BCUT2D eigenvalue weighted by atomic mass is 35.5. The summed E-state index contributed by atoms with van der Waals surface area (Å²) in [6.07, 6.45) is -5.23. The number of amides is 1. The average molecular weight is 310 g/mol. The second kappa shape index (κ2) is 7.04. The average Bonchev–Trinajstić information content (AvgIpc) is 2.25. The summed E-state index contributed by atoms with van der Waals surface area (Å²) >= 11 is 11.1.